The van der Waals surface area contributed by atoms with Crippen molar-refractivity contribution in [2.45, 2.75) is 18.9 Å². The Morgan fingerprint density at radius 2 is 1.64 bits per heavy atom. The molecule has 0 bridgehead atoms. The standard InChI is InChI=1S/C13H11NO8/c15-10(16)6-5-9(13(19)20)21-22-14-11(17)7-3-1-2-4-8(7)12(14)18/h1-4,9H,5-6H2,(H,15,16)(H,19,20). The predicted molar refractivity (Wildman–Crippen MR) is 67.4 cm³/mol. The first-order chi connectivity index (χ1) is 10.4. The third-order valence-electron chi connectivity index (χ3n) is 2.89. The molecule has 1 unspecified atom stereocenters. The first-order valence-corrected chi connectivity index (χ1v) is 6.17. The van der Waals surface area contributed by atoms with Gasteiger partial charge in [-0.2, -0.15) is 4.89 Å². The van der Waals surface area contributed by atoms with Crippen LogP contribution in [0.25, 0.3) is 0 Å². The first kappa shape index (κ1) is 15.6. The maximum absolute atomic E-state index is 11.9. The van der Waals surface area contributed by atoms with Crippen LogP contribution in [0.15, 0.2) is 24.3 Å². The number of carboxylic acids is 2. The lowest BCUT2D eigenvalue weighted by Crippen LogP contribution is -2.34. The summed E-state index contributed by atoms with van der Waals surface area (Å²) in [5.41, 5.74) is 0.210. The van der Waals surface area contributed by atoms with E-state index in [-0.39, 0.29) is 17.5 Å². The largest absolute Gasteiger partial charge is 0.481 e. The zero-order valence-electron chi connectivity index (χ0n) is 11.1. The maximum Gasteiger partial charge on any atom is 0.336 e. The van der Waals surface area contributed by atoms with Gasteiger partial charge in [-0.1, -0.05) is 17.1 Å². The first-order valence-electron chi connectivity index (χ1n) is 6.17. The minimum atomic E-state index is -1.62. The van der Waals surface area contributed by atoms with Crippen molar-refractivity contribution in [1.29, 1.82) is 0 Å². The highest BCUT2D eigenvalue weighted by atomic mass is 17.3. The Morgan fingerprint density at radius 3 is 2.09 bits per heavy atom. The molecule has 1 heterocycles. The fourth-order valence-electron chi connectivity index (χ4n) is 1.80. The summed E-state index contributed by atoms with van der Waals surface area (Å²) in [4.78, 5) is 54.2. The summed E-state index contributed by atoms with van der Waals surface area (Å²) in [7, 11) is 0. The van der Waals surface area contributed by atoms with Crippen molar-refractivity contribution >= 4 is 23.8 Å². The number of aliphatic carboxylic acids is 2. The van der Waals surface area contributed by atoms with Gasteiger partial charge in [0, 0.05) is 6.42 Å². The van der Waals surface area contributed by atoms with E-state index in [0.717, 1.165) is 0 Å². The Kier molecular flexibility index (Phi) is 4.49. The topological polar surface area (TPSA) is 130 Å². The van der Waals surface area contributed by atoms with Crippen molar-refractivity contribution in [3.63, 3.8) is 0 Å². The van der Waals surface area contributed by atoms with Crippen LogP contribution in [0.2, 0.25) is 0 Å². The molecule has 1 aromatic carbocycles. The molecule has 2 amide bonds. The summed E-state index contributed by atoms with van der Waals surface area (Å²) >= 11 is 0. The number of imide groups is 1. The average molecular weight is 309 g/mol. The molecule has 116 valence electrons. The summed E-state index contributed by atoms with van der Waals surface area (Å²) in [5, 5.41) is 17.7. The molecule has 9 heteroatoms. The second-order valence-electron chi connectivity index (χ2n) is 4.38. The predicted octanol–water partition coefficient (Wildman–Crippen LogP) is 0.464. The smallest absolute Gasteiger partial charge is 0.336 e. The molecule has 1 aliphatic rings. The van der Waals surface area contributed by atoms with Gasteiger partial charge in [-0.05, 0) is 18.6 Å². The number of fused-ring (bicyclic) bond motifs is 1. The van der Waals surface area contributed by atoms with Gasteiger partial charge in [0.1, 0.15) is 0 Å². The number of hydrogen-bond donors (Lipinski definition) is 2. The van der Waals surface area contributed by atoms with E-state index in [1.165, 1.54) is 12.1 Å². The molecule has 2 N–H and O–H groups in total. The summed E-state index contributed by atoms with van der Waals surface area (Å²) in [6.45, 7) is 0. The number of carboxylic acid groups (broad SMARTS) is 2. The fourth-order valence-corrected chi connectivity index (χ4v) is 1.80. The van der Waals surface area contributed by atoms with Crippen molar-refractivity contribution in [2.24, 2.45) is 0 Å². The summed E-state index contributed by atoms with van der Waals surface area (Å²) in [6.07, 6.45) is -2.48. The normalized spacial score (nSPS) is 14.8. The van der Waals surface area contributed by atoms with Crippen LogP contribution >= 0.6 is 0 Å². The molecule has 2 rings (SSSR count). The van der Waals surface area contributed by atoms with Crippen LogP contribution in [-0.2, 0) is 19.5 Å². The number of carbonyl (C=O) groups is 4. The summed E-state index contributed by atoms with van der Waals surface area (Å²) in [5.74, 6) is -4.26. The zero-order valence-corrected chi connectivity index (χ0v) is 11.1. The van der Waals surface area contributed by atoms with E-state index in [9.17, 15) is 19.2 Å². The third-order valence-corrected chi connectivity index (χ3v) is 2.89. The Morgan fingerprint density at radius 1 is 1.09 bits per heavy atom. The van der Waals surface area contributed by atoms with E-state index in [1.807, 2.05) is 0 Å². The van der Waals surface area contributed by atoms with Crippen LogP contribution in [-0.4, -0.2) is 45.1 Å². The second kappa shape index (κ2) is 6.33. The van der Waals surface area contributed by atoms with Gasteiger partial charge in [-0.3, -0.25) is 14.4 Å². The van der Waals surface area contributed by atoms with Crippen molar-refractivity contribution in [3.05, 3.63) is 35.4 Å². The van der Waals surface area contributed by atoms with E-state index < -0.39 is 36.3 Å². The van der Waals surface area contributed by atoms with Gasteiger partial charge in [-0.25, -0.2) is 4.79 Å². The number of carbonyl (C=O) groups excluding carboxylic acids is 2. The Bertz CT molecular complexity index is 606. The SMILES string of the molecule is O=C(O)CCC(OON1C(=O)c2ccccc2C1=O)C(=O)O. The number of hydrogen-bond acceptors (Lipinski definition) is 6. The van der Waals surface area contributed by atoms with Gasteiger partial charge >= 0.3 is 11.9 Å². The van der Waals surface area contributed by atoms with Crippen LogP contribution in [0.5, 0.6) is 0 Å². The van der Waals surface area contributed by atoms with Crippen molar-refractivity contribution in [3.8, 4) is 0 Å². The number of rotatable bonds is 7. The lowest BCUT2D eigenvalue weighted by Gasteiger charge is -2.15. The van der Waals surface area contributed by atoms with Crippen LogP contribution in [0.3, 0.4) is 0 Å². The van der Waals surface area contributed by atoms with Crippen molar-refractivity contribution in [1.82, 2.24) is 5.06 Å². The van der Waals surface area contributed by atoms with Crippen LogP contribution in [0, 0.1) is 0 Å². The molecule has 22 heavy (non-hydrogen) atoms. The van der Waals surface area contributed by atoms with Crippen LogP contribution in [0.4, 0.5) is 0 Å². The van der Waals surface area contributed by atoms with Crippen LogP contribution < -0.4 is 0 Å². The molecule has 0 fully saturated rings. The number of benzene rings is 1. The molecular weight excluding hydrogens is 298 g/mol. The van der Waals surface area contributed by atoms with E-state index in [2.05, 4.69) is 9.88 Å². The van der Waals surface area contributed by atoms with Crippen LogP contribution in [0.1, 0.15) is 33.6 Å². The lowest BCUT2D eigenvalue weighted by atomic mass is 10.1. The fraction of sp³-hybridized carbons (Fsp3) is 0.231. The molecule has 0 spiro atoms. The molecule has 0 aromatic heterocycles. The minimum Gasteiger partial charge on any atom is -0.481 e. The number of hydroxylamine groups is 2. The molecule has 0 saturated heterocycles. The Labute approximate surface area is 123 Å². The van der Waals surface area contributed by atoms with E-state index in [0.29, 0.717) is 5.06 Å². The molecule has 9 nitrogen and oxygen atoms in total. The van der Waals surface area contributed by atoms with Gasteiger partial charge in [0.25, 0.3) is 11.8 Å². The van der Waals surface area contributed by atoms with Gasteiger partial charge in [0.15, 0.2) is 6.10 Å². The van der Waals surface area contributed by atoms with Gasteiger partial charge in [0.05, 0.1) is 11.1 Å². The van der Waals surface area contributed by atoms with E-state index >= 15 is 0 Å². The minimum absolute atomic E-state index is 0.105. The highest BCUT2D eigenvalue weighted by molar-refractivity contribution is 6.20. The average Bonchev–Trinajstić information content (AvgIpc) is 2.71. The molecule has 1 atom stereocenters. The highest BCUT2D eigenvalue weighted by Gasteiger charge is 2.38. The van der Waals surface area contributed by atoms with Crippen molar-refractivity contribution in [2.75, 3.05) is 0 Å². The highest BCUT2D eigenvalue weighted by Crippen LogP contribution is 2.23. The van der Waals surface area contributed by atoms with E-state index in [4.69, 9.17) is 10.2 Å². The molecule has 0 aliphatic carbocycles. The monoisotopic (exact) mass is 309 g/mol. The van der Waals surface area contributed by atoms with Gasteiger partial charge in [0.2, 0.25) is 0 Å². The lowest BCUT2D eigenvalue weighted by molar-refractivity contribution is -0.402. The molecule has 0 saturated carbocycles. The Hall–Kier alpha value is -2.78. The summed E-state index contributed by atoms with van der Waals surface area (Å²) < 4.78 is 0. The second-order valence-corrected chi connectivity index (χ2v) is 4.38. The van der Waals surface area contributed by atoms with Gasteiger partial charge in [-0.15, -0.1) is 5.06 Å². The van der Waals surface area contributed by atoms with Gasteiger partial charge < -0.3 is 10.2 Å². The number of nitrogens with zero attached hydrogens (tertiary/aromatic N) is 1. The van der Waals surface area contributed by atoms with E-state index in [1.54, 1.807) is 12.1 Å². The van der Waals surface area contributed by atoms with Crippen molar-refractivity contribution < 1.29 is 39.3 Å². The quantitative estimate of drug-likeness (QED) is 0.422. The Balaban J connectivity index is 2.02. The molecule has 1 aliphatic heterocycles. The molecular formula is C13H11NO8. The summed E-state index contributed by atoms with van der Waals surface area (Å²) in [6, 6.07) is 5.94. The molecule has 0 radical (unpaired) electrons. The molecule has 1 aromatic rings. The number of amides is 2. The third kappa shape index (κ3) is 3.10. The maximum atomic E-state index is 11.9. The zero-order chi connectivity index (χ0) is 16.3.